The number of hydrogen-bond donors (Lipinski definition) is 1. The fourth-order valence-corrected chi connectivity index (χ4v) is 2.93. The molecular formula is C21H20O. The van der Waals surface area contributed by atoms with E-state index in [-0.39, 0.29) is 5.92 Å². The maximum Gasteiger partial charge on any atom is 0.0689 e. The van der Waals surface area contributed by atoms with E-state index >= 15 is 0 Å². The van der Waals surface area contributed by atoms with Crippen molar-refractivity contribution in [1.29, 1.82) is 0 Å². The van der Waals surface area contributed by atoms with Crippen LogP contribution in [0.1, 0.15) is 22.6 Å². The average molecular weight is 288 g/mol. The first kappa shape index (κ1) is 14.6. The van der Waals surface area contributed by atoms with Crippen molar-refractivity contribution in [3.05, 3.63) is 108 Å². The summed E-state index contributed by atoms with van der Waals surface area (Å²) in [5.41, 5.74) is 3.46. The van der Waals surface area contributed by atoms with E-state index in [1.165, 1.54) is 0 Å². The molecule has 110 valence electrons. The van der Waals surface area contributed by atoms with Gasteiger partial charge in [-0.3, -0.25) is 0 Å². The van der Waals surface area contributed by atoms with Gasteiger partial charge in [-0.05, 0) is 23.1 Å². The van der Waals surface area contributed by atoms with Crippen molar-refractivity contribution < 1.29 is 5.11 Å². The van der Waals surface area contributed by atoms with Crippen LogP contribution in [0.25, 0.3) is 0 Å². The Morgan fingerprint density at radius 2 is 1.00 bits per heavy atom. The Hall–Kier alpha value is -2.38. The van der Waals surface area contributed by atoms with E-state index in [0.717, 1.165) is 16.7 Å². The topological polar surface area (TPSA) is 20.2 Å². The number of aliphatic hydroxyl groups excluding tert-OH is 1. The minimum atomic E-state index is -0.452. The molecule has 1 atom stereocenters. The van der Waals surface area contributed by atoms with Crippen LogP contribution in [0.5, 0.6) is 0 Å². The smallest absolute Gasteiger partial charge is 0.0689 e. The third-order valence-corrected chi connectivity index (χ3v) is 3.99. The molecule has 0 aromatic heterocycles. The summed E-state index contributed by atoms with van der Waals surface area (Å²) in [7, 11) is 0. The molecule has 3 aromatic rings. The third-order valence-electron chi connectivity index (χ3n) is 3.99. The van der Waals surface area contributed by atoms with Gasteiger partial charge < -0.3 is 5.11 Å². The number of aliphatic hydroxyl groups is 1. The molecule has 0 aliphatic carbocycles. The Balaban J connectivity index is 1.92. The molecule has 0 fully saturated rings. The monoisotopic (exact) mass is 288 g/mol. The van der Waals surface area contributed by atoms with Gasteiger partial charge in [-0.1, -0.05) is 91.0 Å². The minimum Gasteiger partial charge on any atom is -0.392 e. The zero-order valence-corrected chi connectivity index (χ0v) is 12.5. The molecule has 22 heavy (non-hydrogen) atoms. The maximum absolute atomic E-state index is 10.9. The lowest BCUT2D eigenvalue weighted by atomic mass is 9.84. The van der Waals surface area contributed by atoms with Gasteiger partial charge in [0.2, 0.25) is 0 Å². The van der Waals surface area contributed by atoms with Crippen molar-refractivity contribution in [2.24, 2.45) is 0 Å². The Morgan fingerprint density at radius 3 is 1.45 bits per heavy atom. The van der Waals surface area contributed by atoms with Crippen molar-refractivity contribution in [3.63, 3.8) is 0 Å². The summed E-state index contributed by atoms with van der Waals surface area (Å²) < 4.78 is 0. The van der Waals surface area contributed by atoms with Crippen molar-refractivity contribution >= 4 is 0 Å². The number of benzene rings is 3. The first-order valence-electron chi connectivity index (χ1n) is 7.66. The van der Waals surface area contributed by atoms with Crippen LogP contribution in [0.3, 0.4) is 0 Å². The Kier molecular flexibility index (Phi) is 4.67. The lowest BCUT2D eigenvalue weighted by Gasteiger charge is -2.24. The van der Waals surface area contributed by atoms with Gasteiger partial charge in [0.15, 0.2) is 0 Å². The molecule has 1 N–H and O–H groups in total. The summed E-state index contributed by atoms with van der Waals surface area (Å²) in [4.78, 5) is 0. The van der Waals surface area contributed by atoms with Crippen LogP contribution >= 0.6 is 0 Å². The molecule has 1 nitrogen and oxygen atoms in total. The van der Waals surface area contributed by atoms with Gasteiger partial charge in [-0.2, -0.15) is 0 Å². The molecule has 1 unspecified atom stereocenters. The molecule has 0 saturated heterocycles. The van der Waals surface area contributed by atoms with Crippen molar-refractivity contribution in [3.8, 4) is 0 Å². The van der Waals surface area contributed by atoms with Crippen molar-refractivity contribution in [2.75, 3.05) is 0 Å². The second kappa shape index (κ2) is 7.06. The SMILES string of the molecule is OC(Cc1ccccc1)C(c1ccccc1)c1ccccc1. The molecule has 0 heterocycles. The number of rotatable bonds is 5. The van der Waals surface area contributed by atoms with E-state index in [4.69, 9.17) is 0 Å². The van der Waals surface area contributed by atoms with Crippen LogP contribution in [0, 0.1) is 0 Å². The van der Waals surface area contributed by atoms with Gasteiger partial charge in [0.05, 0.1) is 6.10 Å². The zero-order chi connectivity index (χ0) is 15.2. The van der Waals surface area contributed by atoms with Gasteiger partial charge in [-0.15, -0.1) is 0 Å². The van der Waals surface area contributed by atoms with Crippen molar-refractivity contribution in [1.82, 2.24) is 0 Å². The number of hydrogen-bond acceptors (Lipinski definition) is 1. The van der Waals surface area contributed by atoms with Crippen LogP contribution in [0.15, 0.2) is 91.0 Å². The molecular weight excluding hydrogens is 268 g/mol. The standard InChI is InChI=1S/C21H20O/c22-20(16-17-10-4-1-5-11-17)21(18-12-6-2-7-13-18)19-14-8-3-9-15-19/h1-15,20-22H,16H2. The summed E-state index contributed by atoms with van der Waals surface area (Å²) in [5.74, 6) is -0.0115. The summed E-state index contributed by atoms with van der Waals surface area (Å²) in [6.45, 7) is 0. The quantitative estimate of drug-likeness (QED) is 0.736. The normalized spacial score (nSPS) is 12.3. The second-order valence-electron chi connectivity index (χ2n) is 5.56. The van der Waals surface area contributed by atoms with Gasteiger partial charge in [0.1, 0.15) is 0 Å². The van der Waals surface area contributed by atoms with Crippen LogP contribution in [0.2, 0.25) is 0 Å². The first-order valence-corrected chi connectivity index (χ1v) is 7.66. The Labute approximate surface area is 131 Å². The molecule has 0 aliphatic heterocycles. The van der Waals surface area contributed by atoms with Crippen LogP contribution < -0.4 is 0 Å². The second-order valence-corrected chi connectivity index (χ2v) is 5.56. The lowest BCUT2D eigenvalue weighted by Crippen LogP contribution is -2.22. The fourth-order valence-electron chi connectivity index (χ4n) is 2.93. The largest absolute Gasteiger partial charge is 0.392 e. The average Bonchev–Trinajstić information content (AvgIpc) is 2.58. The summed E-state index contributed by atoms with van der Waals surface area (Å²) in [6, 6.07) is 30.7. The van der Waals surface area contributed by atoms with E-state index in [1.54, 1.807) is 0 Å². The van der Waals surface area contributed by atoms with Gasteiger partial charge >= 0.3 is 0 Å². The van der Waals surface area contributed by atoms with E-state index < -0.39 is 6.10 Å². The van der Waals surface area contributed by atoms with E-state index in [0.29, 0.717) is 6.42 Å². The van der Waals surface area contributed by atoms with Crippen LogP contribution in [-0.2, 0) is 6.42 Å². The first-order chi connectivity index (χ1) is 10.8. The lowest BCUT2D eigenvalue weighted by molar-refractivity contribution is 0.157. The van der Waals surface area contributed by atoms with Crippen molar-refractivity contribution in [2.45, 2.75) is 18.4 Å². The molecule has 0 radical (unpaired) electrons. The predicted octanol–water partition coefficient (Wildman–Crippen LogP) is 4.42. The molecule has 0 bridgehead atoms. The highest BCUT2D eigenvalue weighted by Crippen LogP contribution is 2.29. The zero-order valence-electron chi connectivity index (χ0n) is 12.5. The van der Waals surface area contributed by atoms with Gasteiger partial charge in [-0.25, -0.2) is 0 Å². The summed E-state index contributed by atoms with van der Waals surface area (Å²) in [6.07, 6.45) is 0.196. The predicted molar refractivity (Wildman–Crippen MR) is 90.9 cm³/mol. The molecule has 0 spiro atoms. The van der Waals surface area contributed by atoms with Gasteiger partial charge in [0.25, 0.3) is 0 Å². The summed E-state index contributed by atoms with van der Waals surface area (Å²) >= 11 is 0. The highest BCUT2D eigenvalue weighted by Gasteiger charge is 2.23. The van der Waals surface area contributed by atoms with E-state index in [9.17, 15) is 5.11 Å². The Bertz CT molecular complexity index is 637. The molecule has 3 aromatic carbocycles. The molecule has 1 heteroatoms. The fraction of sp³-hybridized carbons (Fsp3) is 0.143. The highest BCUT2D eigenvalue weighted by atomic mass is 16.3. The minimum absolute atomic E-state index is 0.0115. The molecule has 0 aliphatic rings. The van der Waals surface area contributed by atoms with Crippen LogP contribution in [0.4, 0.5) is 0 Å². The Morgan fingerprint density at radius 1 is 0.591 bits per heavy atom. The maximum atomic E-state index is 10.9. The highest BCUT2D eigenvalue weighted by molar-refractivity contribution is 5.34. The molecule has 0 amide bonds. The molecule has 3 rings (SSSR count). The van der Waals surface area contributed by atoms with E-state index in [2.05, 4.69) is 36.4 Å². The van der Waals surface area contributed by atoms with Gasteiger partial charge in [0, 0.05) is 5.92 Å². The van der Waals surface area contributed by atoms with Crippen LogP contribution in [-0.4, -0.2) is 11.2 Å². The third kappa shape index (κ3) is 3.44. The molecule has 0 saturated carbocycles. The van der Waals surface area contributed by atoms with E-state index in [1.807, 2.05) is 54.6 Å². The summed E-state index contributed by atoms with van der Waals surface area (Å²) in [5, 5.41) is 10.9.